The Balaban J connectivity index is 2.09. The van der Waals surface area contributed by atoms with Crippen LogP contribution in [0.2, 0.25) is 0 Å². The van der Waals surface area contributed by atoms with Crippen molar-refractivity contribution in [3.05, 3.63) is 58.4 Å². The molecule has 1 aromatic heterocycles. The van der Waals surface area contributed by atoms with Crippen LogP contribution in [0.1, 0.15) is 28.1 Å². The molecule has 2 heterocycles. The first-order chi connectivity index (χ1) is 9.08. The third-order valence-corrected chi connectivity index (χ3v) is 4.02. The van der Waals surface area contributed by atoms with Crippen molar-refractivity contribution >= 4 is 22.9 Å². The second kappa shape index (κ2) is 4.42. The van der Waals surface area contributed by atoms with E-state index in [9.17, 15) is 0 Å². The zero-order chi connectivity index (χ0) is 13.6. The average Bonchev–Trinajstić information content (AvgIpc) is 2.67. The summed E-state index contributed by atoms with van der Waals surface area (Å²) in [6.45, 7) is 7.04. The summed E-state index contributed by atoms with van der Waals surface area (Å²) in [5.74, 6) is 0. The van der Waals surface area contributed by atoms with Crippen LogP contribution in [0.15, 0.2) is 30.3 Å². The number of hydrogen-bond donors (Lipinski definition) is 0. The molecule has 0 atom stereocenters. The highest BCUT2D eigenvalue weighted by Crippen LogP contribution is 2.31. The zero-order valence-electron chi connectivity index (χ0n) is 11.4. The van der Waals surface area contributed by atoms with E-state index in [2.05, 4.69) is 54.1 Å². The molecule has 2 aromatic rings. The van der Waals surface area contributed by atoms with Crippen LogP contribution in [0.4, 0.5) is 5.69 Å². The summed E-state index contributed by atoms with van der Waals surface area (Å²) in [6.07, 6.45) is 0. The first-order valence-corrected chi connectivity index (χ1v) is 6.83. The molecule has 1 aromatic carbocycles. The second-order valence-electron chi connectivity index (χ2n) is 5.08. The van der Waals surface area contributed by atoms with E-state index in [-0.39, 0.29) is 0 Å². The quantitative estimate of drug-likeness (QED) is 0.734. The van der Waals surface area contributed by atoms with Crippen LogP contribution in [0.5, 0.6) is 0 Å². The lowest BCUT2D eigenvalue weighted by Gasteiger charge is -2.20. The van der Waals surface area contributed by atoms with Crippen LogP contribution in [0.25, 0.3) is 0 Å². The number of aryl methyl sites for hydroxylation is 3. The molecule has 96 valence electrons. The number of thiocarbonyl (C=S) groups is 1. The molecule has 3 heteroatoms. The van der Waals surface area contributed by atoms with Gasteiger partial charge in [-0.25, -0.2) is 0 Å². The van der Waals surface area contributed by atoms with Crippen molar-refractivity contribution in [2.24, 2.45) is 0 Å². The van der Waals surface area contributed by atoms with Gasteiger partial charge >= 0.3 is 0 Å². The molecule has 0 bridgehead atoms. The lowest BCUT2D eigenvalue weighted by atomic mass is 10.1. The van der Waals surface area contributed by atoms with Gasteiger partial charge in [0.1, 0.15) is 4.99 Å². The van der Waals surface area contributed by atoms with E-state index in [1.54, 1.807) is 0 Å². The lowest BCUT2D eigenvalue weighted by Crippen LogP contribution is -2.23. The lowest BCUT2D eigenvalue weighted by molar-refractivity contribution is 0.972. The summed E-state index contributed by atoms with van der Waals surface area (Å²) in [6, 6.07) is 10.5. The standard InChI is InChI=1S/C16H16N2S/c1-10-6-4-5-7-14(10)18-9-13-15(16(18)19)11(2)8-12(3)17-13/h4-8H,9H2,1-3H3. The van der Waals surface area contributed by atoms with Gasteiger partial charge in [-0.2, -0.15) is 0 Å². The van der Waals surface area contributed by atoms with E-state index in [4.69, 9.17) is 12.2 Å². The molecule has 0 saturated heterocycles. The Morgan fingerprint density at radius 2 is 1.84 bits per heavy atom. The van der Waals surface area contributed by atoms with Crippen LogP contribution in [-0.4, -0.2) is 9.97 Å². The molecule has 0 amide bonds. The van der Waals surface area contributed by atoms with Gasteiger partial charge in [-0.1, -0.05) is 30.4 Å². The molecule has 3 rings (SSSR count). The fraction of sp³-hybridized carbons (Fsp3) is 0.250. The maximum Gasteiger partial charge on any atom is 0.116 e. The number of benzene rings is 1. The molecule has 0 aliphatic carbocycles. The predicted molar refractivity (Wildman–Crippen MR) is 82.8 cm³/mol. The number of nitrogens with zero attached hydrogens (tertiary/aromatic N) is 2. The molecule has 0 unspecified atom stereocenters. The normalized spacial score (nSPS) is 13.8. The monoisotopic (exact) mass is 268 g/mol. The predicted octanol–water partition coefficient (Wildman–Crippen LogP) is 3.70. The summed E-state index contributed by atoms with van der Waals surface area (Å²) < 4.78 is 0. The van der Waals surface area contributed by atoms with Crippen molar-refractivity contribution in [2.75, 3.05) is 4.90 Å². The zero-order valence-corrected chi connectivity index (χ0v) is 12.2. The van der Waals surface area contributed by atoms with Crippen LogP contribution in [0.3, 0.4) is 0 Å². The van der Waals surface area contributed by atoms with Crippen molar-refractivity contribution < 1.29 is 0 Å². The smallest absolute Gasteiger partial charge is 0.116 e. The molecule has 0 N–H and O–H groups in total. The number of para-hydroxylation sites is 1. The highest BCUT2D eigenvalue weighted by atomic mass is 32.1. The van der Waals surface area contributed by atoms with Crippen LogP contribution in [0, 0.1) is 20.8 Å². The number of hydrogen-bond acceptors (Lipinski definition) is 2. The van der Waals surface area contributed by atoms with Gasteiger partial charge in [0.05, 0.1) is 12.2 Å². The minimum atomic E-state index is 0.779. The number of pyridine rings is 1. The molecule has 1 aliphatic rings. The van der Waals surface area contributed by atoms with Gasteiger partial charge in [0, 0.05) is 16.9 Å². The Morgan fingerprint density at radius 1 is 1.11 bits per heavy atom. The molecule has 0 fully saturated rings. The minimum Gasteiger partial charge on any atom is -0.326 e. The maximum absolute atomic E-state index is 5.65. The minimum absolute atomic E-state index is 0.779. The highest BCUT2D eigenvalue weighted by molar-refractivity contribution is 7.81. The van der Waals surface area contributed by atoms with E-state index in [0.29, 0.717) is 0 Å². The average molecular weight is 268 g/mol. The number of anilines is 1. The third kappa shape index (κ3) is 1.94. The third-order valence-electron chi connectivity index (χ3n) is 3.59. The summed E-state index contributed by atoms with van der Waals surface area (Å²) in [4.78, 5) is 7.73. The van der Waals surface area contributed by atoms with Crippen molar-refractivity contribution in [2.45, 2.75) is 27.3 Å². The van der Waals surface area contributed by atoms with E-state index >= 15 is 0 Å². The Kier molecular flexibility index (Phi) is 2.86. The summed E-state index contributed by atoms with van der Waals surface area (Å²) in [5.41, 5.74) is 6.96. The second-order valence-corrected chi connectivity index (χ2v) is 5.47. The molecule has 0 radical (unpaired) electrons. The van der Waals surface area contributed by atoms with Crippen molar-refractivity contribution in [3.63, 3.8) is 0 Å². The fourth-order valence-electron chi connectivity index (χ4n) is 2.74. The molecule has 2 nitrogen and oxygen atoms in total. The largest absolute Gasteiger partial charge is 0.326 e. The first kappa shape index (κ1) is 12.3. The molecular formula is C16H16N2S. The molecule has 0 saturated carbocycles. The fourth-order valence-corrected chi connectivity index (χ4v) is 3.18. The number of fused-ring (bicyclic) bond motifs is 1. The van der Waals surface area contributed by atoms with Crippen LogP contribution < -0.4 is 4.90 Å². The van der Waals surface area contributed by atoms with Gasteiger partial charge in [0.2, 0.25) is 0 Å². The van der Waals surface area contributed by atoms with E-state index in [1.165, 1.54) is 16.8 Å². The number of rotatable bonds is 1. The van der Waals surface area contributed by atoms with Gasteiger partial charge in [0.25, 0.3) is 0 Å². The molecule has 19 heavy (non-hydrogen) atoms. The van der Waals surface area contributed by atoms with Gasteiger partial charge < -0.3 is 4.90 Å². The van der Waals surface area contributed by atoms with Gasteiger partial charge in [-0.05, 0) is 44.0 Å². The molecule has 0 spiro atoms. The summed E-state index contributed by atoms with van der Waals surface area (Å²) >= 11 is 5.65. The summed E-state index contributed by atoms with van der Waals surface area (Å²) in [7, 11) is 0. The first-order valence-electron chi connectivity index (χ1n) is 6.42. The highest BCUT2D eigenvalue weighted by Gasteiger charge is 2.28. The van der Waals surface area contributed by atoms with E-state index < -0.39 is 0 Å². The van der Waals surface area contributed by atoms with E-state index in [0.717, 1.165) is 28.5 Å². The van der Waals surface area contributed by atoms with Gasteiger partial charge in [-0.15, -0.1) is 0 Å². The van der Waals surface area contributed by atoms with Gasteiger partial charge in [-0.3, -0.25) is 4.98 Å². The molecular weight excluding hydrogens is 252 g/mol. The topological polar surface area (TPSA) is 16.1 Å². The SMILES string of the molecule is Cc1cc(C)c2c(n1)CN(c1ccccc1C)C2=S. The van der Waals surface area contributed by atoms with Gasteiger partial charge in [0.15, 0.2) is 0 Å². The maximum atomic E-state index is 5.65. The van der Waals surface area contributed by atoms with Crippen molar-refractivity contribution in [3.8, 4) is 0 Å². The molecule has 1 aliphatic heterocycles. The van der Waals surface area contributed by atoms with E-state index in [1.807, 2.05) is 6.92 Å². The number of aromatic nitrogens is 1. The van der Waals surface area contributed by atoms with Crippen LogP contribution in [-0.2, 0) is 6.54 Å². The van der Waals surface area contributed by atoms with Crippen molar-refractivity contribution in [1.82, 2.24) is 4.98 Å². The van der Waals surface area contributed by atoms with Crippen LogP contribution >= 0.6 is 12.2 Å². The Bertz CT molecular complexity index is 676. The summed E-state index contributed by atoms with van der Waals surface area (Å²) in [5, 5.41) is 0. The Morgan fingerprint density at radius 3 is 2.58 bits per heavy atom. The van der Waals surface area contributed by atoms with Crippen molar-refractivity contribution in [1.29, 1.82) is 0 Å². The Labute approximate surface area is 119 Å². The Hall–Kier alpha value is -1.74.